The minimum Gasteiger partial charge on any atom is -0.334 e. The van der Waals surface area contributed by atoms with Crippen molar-refractivity contribution < 1.29 is 9.59 Å². The Morgan fingerprint density at radius 3 is 2.95 bits per heavy atom. The van der Waals surface area contributed by atoms with Crippen molar-refractivity contribution in [3.63, 3.8) is 0 Å². The summed E-state index contributed by atoms with van der Waals surface area (Å²) in [4.78, 5) is 30.6. The standard InChI is InChI=1S/C13H14N4O2/c1-16-11-3-2-10(6-9(11)7-15-13(16)19)17-8-14-5-4-12(17)18/h2-3,6,8H,4-5,7H2,1H3,(H,15,19). The summed E-state index contributed by atoms with van der Waals surface area (Å²) in [7, 11) is 1.72. The van der Waals surface area contributed by atoms with Gasteiger partial charge in [-0.3, -0.25) is 19.6 Å². The fourth-order valence-electron chi connectivity index (χ4n) is 2.28. The highest BCUT2D eigenvalue weighted by molar-refractivity contribution is 6.10. The summed E-state index contributed by atoms with van der Waals surface area (Å²) in [5.74, 6) is 0.0446. The van der Waals surface area contributed by atoms with Crippen LogP contribution in [0.25, 0.3) is 0 Å². The predicted molar refractivity (Wildman–Crippen MR) is 72.5 cm³/mol. The Balaban J connectivity index is 1.98. The molecule has 98 valence electrons. The van der Waals surface area contributed by atoms with E-state index in [2.05, 4.69) is 10.3 Å². The number of hydrogen-bond donors (Lipinski definition) is 1. The summed E-state index contributed by atoms with van der Waals surface area (Å²) >= 11 is 0. The molecule has 0 radical (unpaired) electrons. The molecule has 0 saturated carbocycles. The van der Waals surface area contributed by atoms with Gasteiger partial charge in [0.15, 0.2) is 0 Å². The number of urea groups is 1. The van der Waals surface area contributed by atoms with E-state index in [1.54, 1.807) is 23.2 Å². The summed E-state index contributed by atoms with van der Waals surface area (Å²) in [6, 6.07) is 5.50. The fraction of sp³-hybridized carbons (Fsp3) is 0.308. The van der Waals surface area contributed by atoms with Gasteiger partial charge in [0.25, 0.3) is 0 Å². The third-order valence-corrected chi connectivity index (χ3v) is 3.36. The topological polar surface area (TPSA) is 65.0 Å². The lowest BCUT2D eigenvalue weighted by Gasteiger charge is -2.28. The first kappa shape index (κ1) is 11.7. The van der Waals surface area contributed by atoms with Gasteiger partial charge in [0.2, 0.25) is 5.91 Å². The Kier molecular flexibility index (Phi) is 2.70. The molecule has 6 heteroatoms. The Hall–Kier alpha value is -2.37. The van der Waals surface area contributed by atoms with Crippen LogP contribution in [0.1, 0.15) is 12.0 Å². The smallest absolute Gasteiger partial charge is 0.321 e. The first-order valence-electron chi connectivity index (χ1n) is 6.13. The molecule has 0 aliphatic carbocycles. The largest absolute Gasteiger partial charge is 0.334 e. The second-order valence-electron chi connectivity index (χ2n) is 4.57. The van der Waals surface area contributed by atoms with E-state index in [-0.39, 0.29) is 11.9 Å². The quantitative estimate of drug-likeness (QED) is 0.820. The van der Waals surface area contributed by atoms with Gasteiger partial charge < -0.3 is 5.32 Å². The molecule has 0 unspecified atom stereocenters. The highest BCUT2D eigenvalue weighted by atomic mass is 16.2. The van der Waals surface area contributed by atoms with Crippen molar-refractivity contribution in [1.82, 2.24) is 5.32 Å². The number of hydrogen-bond acceptors (Lipinski definition) is 3. The van der Waals surface area contributed by atoms with Crippen molar-refractivity contribution in [2.24, 2.45) is 4.99 Å². The van der Waals surface area contributed by atoms with Gasteiger partial charge in [-0.2, -0.15) is 0 Å². The second kappa shape index (κ2) is 4.38. The van der Waals surface area contributed by atoms with Crippen molar-refractivity contribution >= 4 is 29.7 Å². The summed E-state index contributed by atoms with van der Waals surface area (Å²) in [5.41, 5.74) is 2.65. The zero-order valence-electron chi connectivity index (χ0n) is 10.6. The zero-order valence-corrected chi connectivity index (χ0v) is 10.6. The van der Waals surface area contributed by atoms with E-state index in [1.807, 2.05) is 18.2 Å². The average Bonchev–Trinajstić information content (AvgIpc) is 2.43. The van der Waals surface area contributed by atoms with E-state index < -0.39 is 0 Å². The fourth-order valence-corrected chi connectivity index (χ4v) is 2.28. The lowest BCUT2D eigenvalue weighted by Crippen LogP contribution is -2.41. The molecule has 3 rings (SSSR count). The van der Waals surface area contributed by atoms with Crippen molar-refractivity contribution in [1.29, 1.82) is 0 Å². The molecule has 0 bridgehead atoms. The summed E-state index contributed by atoms with van der Waals surface area (Å²) in [6.07, 6.45) is 2.00. The van der Waals surface area contributed by atoms with Crippen LogP contribution in [0, 0.1) is 0 Å². The van der Waals surface area contributed by atoms with Gasteiger partial charge in [0.05, 0.1) is 17.7 Å². The van der Waals surface area contributed by atoms with Crippen LogP contribution in [0.5, 0.6) is 0 Å². The van der Waals surface area contributed by atoms with Crippen LogP contribution in [0.15, 0.2) is 23.2 Å². The van der Waals surface area contributed by atoms with Crippen LogP contribution in [-0.2, 0) is 11.3 Å². The van der Waals surface area contributed by atoms with E-state index in [9.17, 15) is 9.59 Å². The Labute approximate surface area is 110 Å². The number of fused-ring (bicyclic) bond motifs is 1. The summed E-state index contributed by atoms with van der Waals surface area (Å²) in [5, 5.41) is 2.78. The van der Waals surface area contributed by atoms with Gasteiger partial charge in [-0.25, -0.2) is 4.79 Å². The van der Waals surface area contributed by atoms with Gasteiger partial charge >= 0.3 is 6.03 Å². The Morgan fingerprint density at radius 1 is 1.32 bits per heavy atom. The second-order valence-corrected chi connectivity index (χ2v) is 4.57. The molecule has 2 aliphatic heterocycles. The number of nitrogens with zero attached hydrogens (tertiary/aromatic N) is 3. The monoisotopic (exact) mass is 258 g/mol. The molecule has 0 saturated heterocycles. The third-order valence-electron chi connectivity index (χ3n) is 3.36. The van der Waals surface area contributed by atoms with Crippen molar-refractivity contribution in [2.75, 3.05) is 23.4 Å². The molecule has 0 spiro atoms. The lowest BCUT2D eigenvalue weighted by molar-refractivity contribution is -0.117. The number of benzene rings is 1. The Bertz CT molecular complexity index is 582. The number of rotatable bonds is 1. The molecule has 2 aliphatic rings. The maximum atomic E-state index is 11.8. The molecule has 1 aromatic rings. The molecular weight excluding hydrogens is 244 g/mol. The summed E-state index contributed by atoms with van der Waals surface area (Å²) in [6.45, 7) is 1.03. The van der Waals surface area contributed by atoms with Gasteiger partial charge in [-0.1, -0.05) is 0 Å². The minimum atomic E-state index is -0.115. The number of aliphatic imine (C=N–C) groups is 1. The highest BCUT2D eigenvalue weighted by Crippen LogP contribution is 2.28. The first-order valence-corrected chi connectivity index (χ1v) is 6.13. The molecule has 1 aromatic carbocycles. The molecule has 3 amide bonds. The number of carbonyl (C=O) groups excluding carboxylic acids is 2. The zero-order chi connectivity index (χ0) is 13.4. The number of nitrogens with one attached hydrogen (secondary N) is 1. The first-order chi connectivity index (χ1) is 9.16. The van der Waals surface area contributed by atoms with E-state index in [0.29, 0.717) is 19.5 Å². The lowest BCUT2D eigenvalue weighted by atomic mass is 10.1. The maximum absolute atomic E-state index is 11.8. The van der Waals surface area contributed by atoms with Gasteiger partial charge in [-0.15, -0.1) is 0 Å². The van der Waals surface area contributed by atoms with Crippen LogP contribution in [0.2, 0.25) is 0 Å². The number of amides is 3. The Morgan fingerprint density at radius 2 is 2.16 bits per heavy atom. The number of carbonyl (C=O) groups is 2. The van der Waals surface area contributed by atoms with Crippen LogP contribution in [0.4, 0.5) is 16.2 Å². The molecule has 0 aromatic heterocycles. The van der Waals surface area contributed by atoms with E-state index in [1.165, 1.54) is 0 Å². The molecule has 1 N–H and O–H groups in total. The van der Waals surface area contributed by atoms with Gasteiger partial charge in [0.1, 0.15) is 0 Å². The third kappa shape index (κ3) is 1.95. The SMILES string of the molecule is CN1C(=O)NCc2cc(N3C=NCCC3=O)ccc21. The van der Waals surface area contributed by atoms with Crippen molar-refractivity contribution in [2.45, 2.75) is 13.0 Å². The van der Waals surface area contributed by atoms with Gasteiger partial charge in [0, 0.05) is 26.6 Å². The molecule has 6 nitrogen and oxygen atoms in total. The molecule has 0 fully saturated rings. The molecule has 19 heavy (non-hydrogen) atoms. The maximum Gasteiger partial charge on any atom is 0.321 e. The normalized spacial score (nSPS) is 18.4. The average molecular weight is 258 g/mol. The molecule has 2 heterocycles. The van der Waals surface area contributed by atoms with E-state index in [4.69, 9.17) is 0 Å². The number of anilines is 2. The van der Waals surface area contributed by atoms with Crippen LogP contribution in [-0.4, -0.2) is 31.9 Å². The van der Waals surface area contributed by atoms with E-state index in [0.717, 1.165) is 16.9 Å². The van der Waals surface area contributed by atoms with Crippen LogP contribution < -0.4 is 15.1 Å². The van der Waals surface area contributed by atoms with Crippen molar-refractivity contribution in [3.05, 3.63) is 23.8 Å². The molecular formula is C13H14N4O2. The summed E-state index contributed by atoms with van der Waals surface area (Å²) < 4.78 is 0. The van der Waals surface area contributed by atoms with Gasteiger partial charge in [-0.05, 0) is 23.8 Å². The highest BCUT2D eigenvalue weighted by Gasteiger charge is 2.23. The van der Waals surface area contributed by atoms with E-state index >= 15 is 0 Å². The minimum absolute atomic E-state index is 0.0446. The van der Waals surface area contributed by atoms with Crippen LogP contribution in [0.3, 0.4) is 0 Å². The molecule has 0 atom stereocenters. The van der Waals surface area contributed by atoms with Crippen molar-refractivity contribution in [3.8, 4) is 0 Å². The predicted octanol–water partition coefficient (Wildman–Crippen LogP) is 1.11. The van der Waals surface area contributed by atoms with Crippen LogP contribution >= 0.6 is 0 Å².